The second-order valence-corrected chi connectivity index (χ2v) is 5.80. The summed E-state index contributed by atoms with van der Waals surface area (Å²) in [4.78, 5) is 12.0. The van der Waals surface area contributed by atoms with Crippen LogP contribution in [0, 0.1) is 11.8 Å². The number of amides is 1. The molecule has 0 aliphatic heterocycles. The van der Waals surface area contributed by atoms with E-state index in [0.29, 0.717) is 28.6 Å². The third-order valence-electron chi connectivity index (χ3n) is 4.17. The van der Waals surface area contributed by atoms with Gasteiger partial charge in [-0.15, -0.1) is 0 Å². The van der Waals surface area contributed by atoms with Crippen molar-refractivity contribution in [2.24, 2.45) is 5.73 Å². The lowest BCUT2D eigenvalue weighted by Crippen LogP contribution is -2.11. The quantitative estimate of drug-likeness (QED) is 0.424. The maximum absolute atomic E-state index is 12.0. The lowest BCUT2D eigenvalue weighted by Gasteiger charge is -2.06. The Morgan fingerprint density at radius 3 is 2.92 bits per heavy atom. The van der Waals surface area contributed by atoms with E-state index >= 15 is 0 Å². The summed E-state index contributed by atoms with van der Waals surface area (Å²) >= 11 is 0. The van der Waals surface area contributed by atoms with E-state index in [4.69, 9.17) is 10.8 Å². The van der Waals surface area contributed by atoms with Crippen LogP contribution in [0.3, 0.4) is 0 Å². The minimum absolute atomic E-state index is 0.0145. The molecule has 0 aliphatic rings. The molecule has 0 spiro atoms. The highest BCUT2D eigenvalue weighted by molar-refractivity contribution is 6.09. The van der Waals surface area contributed by atoms with Crippen molar-refractivity contribution in [1.29, 1.82) is 0 Å². The van der Waals surface area contributed by atoms with Crippen LogP contribution in [0.5, 0.6) is 0 Å². The summed E-state index contributed by atoms with van der Waals surface area (Å²) in [5.74, 6) is 5.25. The van der Waals surface area contributed by atoms with Crippen molar-refractivity contribution in [3.05, 3.63) is 47.8 Å². The number of hydrogen-bond donors (Lipinski definition) is 4. The van der Waals surface area contributed by atoms with E-state index in [1.807, 2.05) is 24.3 Å². The summed E-state index contributed by atoms with van der Waals surface area (Å²) < 4.78 is 0. The molecule has 1 amide bonds. The van der Waals surface area contributed by atoms with Crippen molar-refractivity contribution in [3.63, 3.8) is 0 Å². The molecule has 0 bridgehead atoms. The summed E-state index contributed by atoms with van der Waals surface area (Å²) in [5, 5.41) is 24.6. The molecule has 26 heavy (non-hydrogen) atoms. The fourth-order valence-electron chi connectivity index (χ4n) is 2.98. The first kappa shape index (κ1) is 15.9. The first-order valence-electron chi connectivity index (χ1n) is 8.03. The van der Waals surface area contributed by atoms with Gasteiger partial charge in [-0.25, -0.2) is 0 Å². The van der Waals surface area contributed by atoms with Crippen molar-refractivity contribution in [3.8, 4) is 23.0 Å². The van der Waals surface area contributed by atoms with Crippen molar-refractivity contribution in [1.82, 2.24) is 20.4 Å². The van der Waals surface area contributed by atoms with Crippen LogP contribution in [-0.2, 0) is 0 Å². The van der Waals surface area contributed by atoms with E-state index in [1.165, 1.54) is 0 Å². The first-order chi connectivity index (χ1) is 12.7. The van der Waals surface area contributed by atoms with Crippen LogP contribution in [0.25, 0.3) is 32.9 Å². The molecule has 128 valence electrons. The predicted molar refractivity (Wildman–Crippen MR) is 98.3 cm³/mol. The highest BCUT2D eigenvalue weighted by Gasteiger charge is 2.16. The topological polar surface area (TPSA) is 121 Å². The number of aromatic amines is 2. The number of fused-ring (bicyclic) bond motifs is 2. The van der Waals surface area contributed by atoms with Gasteiger partial charge in [-0.2, -0.15) is 10.2 Å². The third-order valence-corrected chi connectivity index (χ3v) is 4.17. The lowest BCUT2D eigenvalue weighted by atomic mass is 9.97. The molecule has 0 radical (unpaired) electrons. The van der Waals surface area contributed by atoms with Gasteiger partial charge in [0, 0.05) is 17.2 Å². The molecule has 7 nitrogen and oxygen atoms in total. The third kappa shape index (κ3) is 2.59. The molecule has 5 N–H and O–H groups in total. The zero-order chi connectivity index (χ0) is 18.1. The van der Waals surface area contributed by atoms with Crippen LogP contribution in [0.1, 0.15) is 22.5 Å². The van der Waals surface area contributed by atoms with Gasteiger partial charge < -0.3 is 10.8 Å². The number of H-pyrrole nitrogens is 2. The number of aliphatic hydroxyl groups is 1. The molecule has 0 fully saturated rings. The molecule has 7 heteroatoms. The SMILES string of the molecule is NC(=O)c1cc(-c2cccc3[nH]ncc23)cc2c(C#CCCO)[nH]nc12. The zero-order valence-electron chi connectivity index (χ0n) is 13.7. The van der Waals surface area contributed by atoms with E-state index in [1.54, 1.807) is 12.3 Å². The largest absolute Gasteiger partial charge is 0.395 e. The van der Waals surface area contributed by atoms with Gasteiger partial charge in [0.2, 0.25) is 0 Å². The number of nitrogens with zero attached hydrogens (tertiary/aromatic N) is 2. The van der Waals surface area contributed by atoms with Gasteiger partial charge in [0.25, 0.3) is 5.91 Å². The van der Waals surface area contributed by atoms with Gasteiger partial charge in [-0.1, -0.05) is 18.1 Å². The number of carbonyl (C=O) groups is 1. The lowest BCUT2D eigenvalue weighted by molar-refractivity contribution is 0.100. The highest BCUT2D eigenvalue weighted by atomic mass is 16.2. The molecule has 0 saturated heterocycles. The second-order valence-electron chi connectivity index (χ2n) is 5.80. The van der Waals surface area contributed by atoms with Gasteiger partial charge in [0.1, 0.15) is 11.2 Å². The molecule has 0 unspecified atom stereocenters. The summed E-state index contributed by atoms with van der Waals surface area (Å²) in [6, 6.07) is 9.47. The minimum Gasteiger partial charge on any atom is -0.395 e. The Morgan fingerprint density at radius 2 is 2.12 bits per heavy atom. The van der Waals surface area contributed by atoms with Gasteiger partial charge in [-0.3, -0.25) is 15.0 Å². The Labute approximate surface area is 148 Å². The second kappa shape index (κ2) is 6.35. The number of aliphatic hydroxyl groups excluding tert-OH is 1. The molecule has 2 heterocycles. The first-order valence-corrected chi connectivity index (χ1v) is 8.03. The number of rotatable bonds is 3. The smallest absolute Gasteiger partial charge is 0.251 e. The average Bonchev–Trinajstić information content (AvgIpc) is 3.27. The molecule has 2 aromatic carbocycles. The van der Waals surface area contributed by atoms with Crippen LogP contribution in [0.4, 0.5) is 0 Å². The number of hydrogen-bond acceptors (Lipinski definition) is 4. The molecule has 2 aromatic heterocycles. The minimum atomic E-state index is -0.558. The number of nitrogens with two attached hydrogens (primary N) is 1. The normalized spacial score (nSPS) is 10.8. The molecule has 4 aromatic rings. The van der Waals surface area contributed by atoms with Crippen LogP contribution in [-0.4, -0.2) is 38.0 Å². The summed E-state index contributed by atoms with van der Waals surface area (Å²) in [6.45, 7) is -0.0145. The van der Waals surface area contributed by atoms with Crippen molar-refractivity contribution in [2.75, 3.05) is 6.61 Å². The number of nitrogens with one attached hydrogen (secondary N) is 2. The monoisotopic (exact) mass is 345 g/mol. The molecular weight excluding hydrogens is 330 g/mol. The number of aromatic nitrogens is 4. The van der Waals surface area contributed by atoms with E-state index in [0.717, 1.165) is 22.0 Å². The molecular formula is C19H15N5O2. The Morgan fingerprint density at radius 1 is 1.23 bits per heavy atom. The number of carbonyl (C=O) groups excluding carboxylic acids is 1. The summed E-state index contributed by atoms with van der Waals surface area (Å²) in [7, 11) is 0. The number of primary amides is 1. The molecule has 4 rings (SSSR count). The Hall–Kier alpha value is -3.63. The Kier molecular flexibility index (Phi) is 3.88. The fraction of sp³-hybridized carbons (Fsp3) is 0.105. The van der Waals surface area contributed by atoms with Crippen molar-refractivity contribution >= 4 is 27.7 Å². The Bertz CT molecular complexity index is 1190. The van der Waals surface area contributed by atoms with Crippen LogP contribution in [0.2, 0.25) is 0 Å². The summed E-state index contributed by atoms with van der Waals surface area (Å²) in [6.07, 6.45) is 2.10. The van der Waals surface area contributed by atoms with E-state index in [2.05, 4.69) is 32.2 Å². The molecule has 0 aliphatic carbocycles. The fourth-order valence-corrected chi connectivity index (χ4v) is 2.98. The molecule has 0 saturated carbocycles. The van der Waals surface area contributed by atoms with Gasteiger partial charge in [0.15, 0.2) is 0 Å². The van der Waals surface area contributed by atoms with Crippen LogP contribution >= 0.6 is 0 Å². The average molecular weight is 345 g/mol. The van der Waals surface area contributed by atoms with Crippen molar-refractivity contribution < 1.29 is 9.90 Å². The van der Waals surface area contributed by atoms with E-state index in [-0.39, 0.29) is 6.61 Å². The maximum atomic E-state index is 12.0. The van der Waals surface area contributed by atoms with Crippen molar-refractivity contribution in [2.45, 2.75) is 6.42 Å². The van der Waals surface area contributed by atoms with Gasteiger partial charge in [0.05, 0.1) is 23.9 Å². The van der Waals surface area contributed by atoms with E-state index < -0.39 is 5.91 Å². The maximum Gasteiger partial charge on any atom is 0.251 e. The summed E-state index contributed by atoms with van der Waals surface area (Å²) in [5.41, 5.74) is 9.61. The van der Waals surface area contributed by atoms with Gasteiger partial charge >= 0.3 is 0 Å². The number of benzene rings is 2. The molecule has 0 atom stereocenters. The highest BCUT2D eigenvalue weighted by Crippen LogP contribution is 2.32. The van der Waals surface area contributed by atoms with Crippen LogP contribution < -0.4 is 5.73 Å². The standard InChI is InChI=1S/C19H15N5O2/c20-19(26)14-9-11(12-4-3-6-17-15(12)10-21-22-17)8-13-16(5-1-2-7-25)23-24-18(13)14/h3-4,6,8-10,25H,2,7H2,(H2,20,26)(H,21,22)(H,23,24). The van der Waals surface area contributed by atoms with Gasteiger partial charge in [-0.05, 0) is 35.2 Å². The Balaban J connectivity index is 1.99. The van der Waals surface area contributed by atoms with Crippen LogP contribution in [0.15, 0.2) is 36.5 Å². The zero-order valence-corrected chi connectivity index (χ0v) is 13.7. The van der Waals surface area contributed by atoms with E-state index in [9.17, 15) is 4.79 Å². The predicted octanol–water partition coefficient (Wildman–Crippen LogP) is 1.94.